The van der Waals surface area contributed by atoms with E-state index < -0.39 is 0 Å². The van der Waals surface area contributed by atoms with Crippen molar-refractivity contribution in [3.63, 3.8) is 0 Å². The average Bonchev–Trinajstić information content (AvgIpc) is 2.32. The van der Waals surface area contributed by atoms with Gasteiger partial charge in [0.05, 0.1) is 5.69 Å². The molecule has 0 atom stereocenters. The molecule has 0 saturated carbocycles. The third-order valence-corrected chi connectivity index (χ3v) is 1.46. The van der Waals surface area contributed by atoms with Gasteiger partial charge in [-0.25, -0.2) is 0 Å². The van der Waals surface area contributed by atoms with Gasteiger partial charge in [-0.1, -0.05) is 20.8 Å². The number of rotatable bonds is 0. The minimum atomic E-state index is 0.0299. The second-order valence-electron chi connectivity index (χ2n) is 3.50. The molecule has 0 saturated heterocycles. The zero-order chi connectivity index (χ0) is 8.48. The Morgan fingerprint density at radius 2 is 2.18 bits per heavy atom. The lowest BCUT2D eigenvalue weighted by Gasteiger charge is -2.13. The maximum atomic E-state index is 8.47. The number of nitriles is 1. The Kier molecular flexibility index (Phi) is 1.69. The fourth-order valence-electron chi connectivity index (χ4n) is 0.780. The van der Waals surface area contributed by atoms with E-state index in [0.717, 1.165) is 5.69 Å². The van der Waals surface area contributed by atoms with Crippen molar-refractivity contribution in [2.45, 2.75) is 26.2 Å². The van der Waals surface area contributed by atoms with Gasteiger partial charge in [0.2, 0.25) is 6.19 Å². The summed E-state index contributed by atoms with van der Waals surface area (Å²) in [4.78, 5) is 0. The van der Waals surface area contributed by atoms with Crippen molar-refractivity contribution in [3.05, 3.63) is 18.0 Å². The molecule has 1 heterocycles. The summed E-state index contributed by atoms with van der Waals surface area (Å²) in [6, 6.07) is 1.86. The van der Waals surface area contributed by atoms with E-state index >= 15 is 0 Å². The van der Waals surface area contributed by atoms with E-state index in [0.29, 0.717) is 0 Å². The largest absolute Gasteiger partial charge is 0.206 e. The molecule has 0 amide bonds. The van der Waals surface area contributed by atoms with Gasteiger partial charge in [-0.2, -0.15) is 15.0 Å². The summed E-state index contributed by atoms with van der Waals surface area (Å²) >= 11 is 0. The van der Waals surface area contributed by atoms with Gasteiger partial charge in [0, 0.05) is 11.6 Å². The maximum absolute atomic E-state index is 8.47. The van der Waals surface area contributed by atoms with Crippen molar-refractivity contribution in [2.75, 3.05) is 0 Å². The lowest BCUT2D eigenvalue weighted by molar-refractivity contribution is 0.561. The summed E-state index contributed by atoms with van der Waals surface area (Å²) in [5.41, 5.74) is 0.973. The monoisotopic (exact) mass is 149 g/mol. The summed E-state index contributed by atoms with van der Waals surface area (Å²) in [5, 5.41) is 12.5. The van der Waals surface area contributed by atoms with Crippen LogP contribution in [0.25, 0.3) is 0 Å². The molecule has 0 spiro atoms. The Hall–Kier alpha value is -1.30. The van der Waals surface area contributed by atoms with Crippen LogP contribution >= 0.6 is 0 Å². The Bertz CT molecular complexity index is 285. The van der Waals surface area contributed by atoms with Crippen LogP contribution in [-0.4, -0.2) is 9.78 Å². The van der Waals surface area contributed by atoms with Crippen LogP contribution in [0.15, 0.2) is 12.3 Å². The molecule has 1 aromatic heterocycles. The highest BCUT2D eigenvalue weighted by molar-refractivity contribution is 5.11. The average molecular weight is 149 g/mol. The highest BCUT2D eigenvalue weighted by Crippen LogP contribution is 2.18. The van der Waals surface area contributed by atoms with Gasteiger partial charge < -0.3 is 0 Å². The highest BCUT2D eigenvalue weighted by Gasteiger charge is 2.16. The summed E-state index contributed by atoms with van der Waals surface area (Å²) in [7, 11) is 0. The Morgan fingerprint density at radius 3 is 2.45 bits per heavy atom. The molecule has 11 heavy (non-hydrogen) atoms. The molecule has 0 aliphatic carbocycles. The zero-order valence-corrected chi connectivity index (χ0v) is 7.00. The molecule has 1 rings (SSSR count). The van der Waals surface area contributed by atoms with E-state index in [1.54, 1.807) is 6.20 Å². The molecule has 0 aromatic carbocycles. The lowest BCUT2D eigenvalue weighted by Crippen LogP contribution is -2.12. The molecular weight excluding hydrogens is 138 g/mol. The predicted octanol–water partition coefficient (Wildman–Crippen LogP) is 1.51. The van der Waals surface area contributed by atoms with Crippen LogP contribution in [0, 0.1) is 11.5 Å². The first-order valence-corrected chi connectivity index (χ1v) is 3.50. The van der Waals surface area contributed by atoms with Crippen LogP contribution in [-0.2, 0) is 5.41 Å². The summed E-state index contributed by atoms with van der Waals surface area (Å²) < 4.78 is 1.26. The van der Waals surface area contributed by atoms with E-state index in [9.17, 15) is 0 Å². The number of aromatic nitrogens is 2. The van der Waals surface area contributed by atoms with Crippen LogP contribution in [0.2, 0.25) is 0 Å². The SMILES string of the molecule is CC(C)(C)c1ccn(C#N)n1. The lowest BCUT2D eigenvalue weighted by atomic mass is 9.93. The first-order chi connectivity index (χ1) is 5.04. The second kappa shape index (κ2) is 2.39. The van der Waals surface area contributed by atoms with Gasteiger partial charge in [0.15, 0.2) is 0 Å². The highest BCUT2D eigenvalue weighted by atomic mass is 15.3. The van der Waals surface area contributed by atoms with Crippen molar-refractivity contribution in [1.29, 1.82) is 5.26 Å². The van der Waals surface area contributed by atoms with Gasteiger partial charge in [0.1, 0.15) is 0 Å². The first kappa shape index (κ1) is 7.80. The van der Waals surface area contributed by atoms with Crippen LogP contribution in [0.4, 0.5) is 0 Å². The molecule has 0 N–H and O–H groups in total. The van der Waals surface area contributed by atoms with Crippen molar-refractivity contribution in [1.82, 2.24) is 9.78 Å². The quantitative estimate of drug-likeness (QED) is 0.561. The molecule has 3 nitrogen and oxygen atoms in total. The Labute approximate surface area is 66.3 Å². The summed E-state index contributed by atoms with van der Waals surface area (Å²) in [5.74, 6) is 0. The minimum absolute atomic E-state index is 0.0299. The standard InChI is InChI=1S/C8H11N3/c1-8(2,3)7-4-5-11(6-9)10-7/h4-5H,1-3H3. The molecule has 3 heteroatoms. The van der Waals surface area contributed by atoms with Gasteiger partial charge in [-0.05, 0) is 6.07 Å². The van der Waals surface area contributed by atoms with E-state index in [2.05, 4.69) is 25.9 Å². The van der Waals surface area contributed by atoms with E-state index in [-0.39, 0.29) is 5.41 Å². The molecule has 0 fully saturated rings. The topological polar surface area (TPSA) is 41.6 Å². The van der Waals surface area contributed by atoms with Crippen molar-refractivity contribution in [3.8, 4) is 6.19 Å². The molecule has 0 aliphatic heterocycles. The van der Waals surface area contributed by atoms with Gasteiger partial charge in [-0.3, -0.25) is 0 Å². The van der Waals surface area contributed by atoms with E-state index in [1.807, 2.05) is 12.3 Å². The molecular formula is C8H11N3. The fourth-order valence-corrected chi connectivity index (χ4v) is 0.780. The molecule has 58 valence electrons. The van der Waals surface area contributed by atoms with Gasteiger partial charge >= 0.3 is 0 Å². The number of hydrogen-bond donors (Lipinski definition) is 0. The second-order valence-corrected chi connectivity index (χ2v) is 3.50. The third-order valence-electron chi connectivity index (χ3n) is 1.46. The summed E-state index contributed by atoms with van der Waals surface area (Å²) in [6.07, 6.45) is 3.59. The third kappa shape index (κ3) is 1.58. The normalized spacial score (nSPS) is 11.1. The van der Waals surface area contributed by atoms with Crippen molar-refractivity contribution in [2.24, 2.45) is 0 Å². The zero-order valence-electron chi connectivity index (χ0n) is 7.00. The molecule has 0 radical (unpaired) electrons. The predicted molar refractivity (Wildman–Crippen MR) is 41.9 cm³/mol. The summed E-state index contributed by atoms with van der Waals surface area (Å²) in [6.45, 7) is 6.20. The Balaban J connectivity index is 3.01. The van der Waals surface area contributed by atoms with Crippen LogP contribution in [0.1, 0.15) is 26.5 Å². The molecule has 0 bridgehead atoms. The molecule has 0 unspecified atom stereocenters. The maximum Gasteiger partial charge on any atom is 0.206 e. The molecule has 1 aromatic rings. The smallest absolute Gasteiger partial charge is 0.174 e. The molecule has 0 aliphatic rings. The van der Waals surface area contributed by atoms with E-state index in [4.69, 9.17) is 5.26 Å². The van der Waals surface area contributed by atoms with Gasteiger partial charge in [0.25, 0.3) is 0 Å². The Morgan fingerprint density at radius 1 is 1.55 bits per heavy atom. The van der Waals surface area contributed by atoms with E-state index in [1.165, 1.54) is 4.68 Å². The minimum Gasteiger partial charge on any atom is -0.174 e. The number of nitrogens with zero attached hydrogens (tertiary/aromatic N) is 3. The van der Waals surface area contributed by atoms with Crippen molar-refractivity contribution >= 4 is 0 Å². The number of hydrogen-bond acceptors (Lipinski definition) is 2. The van der Waals surface area contributed by atoms with Crippen LogP contribution in [0.3, 0.4) is 0 Å². The first-order valence-electron chi connectivity index (χ1n) is 3.50. The van der Waals surface area contributed by atoms with Crippen LogP contribution in [0.5, 0.6) is 0 Å². The van der Waals surface area contributed by atoms with Crippen molar-refractivity contribution < 1.29 is 0 Å². The fraction of sp³-hybridized carbons (Fsp3) is 0.500. The van der Waals surface area contributed by atoms with Gasteiger partial charge in [-0.15, -0.1) is 0 Å². The van der Waals surface area contributed by atoms with Crippen LogP contribution < -0.4 is 0 Å².